The number of nitriles is 1. The molecular weight excluding hydrogens is 326 g/mol. The second-order valence-corrected chi connectivity index (χ2v) is 6.24. The molecule has 0 aliphatic carbocycles. The van der Waals surface area contributed by atoms with Gasteiger partial charge < -0.3 is 4.90 Å². The maximum absolute atomic E-state index is 9.23. The van der Waals surface area contributed by atoms with Crippen LogP contribution in [-0.2, 0) is 6.54 Å². The molecule has 130 valence electrons. The molecule has 26 heavy (non-hydrogen) atoms. The predicted molar refractivity (Wildman–Crippen MR) is 98.3 cm³/mol. The van der Waals surface area contributed by atoms with E-state index >= 15 is 0 Å². The van der Waals surface area contributed by atoms with Crippen molar-refractivity contribution in [3.8, 4) is 17.5 Å². The second-order valence-electron chi connectivity index (χ2n) is 6.24. The third-order valence-corrected chi connectivity index (χ3v) is 4.56. The third-order valence-electron chi connectivity index (χ3n) is 4.56. The van der Waals surface area contributed by atoms with Crippen molar-refractivity contribution in [1.29, 1.82) is 5.26 Å². The van der Waals surface area contributed by atoms with E-state index in [2.05, 4.69) is 42.1 Å². The molecule has 0 aromatic carbocycles. The number of piperazine rings is 1. The smallest absolute Gasteiger partial charge is 0.163 e. The molecule has 1 N–H and O–H groups in total. The van der Waals surface area contributed by atoms with Gasteiger partial charge in [-0.3, -0.25) is 15.0 Å². The number of nitrogens with zero attached hydrogens (tertiary/aromatic N) is 6. The molecule has 3 aromatic heterocycles. The van der Waals surface area contributed by atoms with Crippen molar-refractivity contribution in [2.24, 2.45) is 0 Å². The van der Waals surface area contributed by atoms with Gasteiger partial charge in [0.05, 0.1) is 11.4 Å². The lowest BCUT2D eigenvalue weighted by Gasteiger charge is -2.35. The fraction of sp³-hybridized carbons (Fsp3) is 0.263. The number of anilines is 1. The first-order valence-electron chi connectivity index (χ1n) is 8.61. The van der Waals surface area contributed by atoms with Gasteiger partial charge in [0.1, 0.15) is 11.8 Å². The van der Waals surface area contributed by atoms with E-state index in [0.717, 1.165) is 55.5 Å². The topological polar surface area (TPSA) is 84.7 Å². The Balaban J connectivity index is 1.37. The van der Waals surface area contributed by atoms with Crippen LogP contribution < -0.4 is 4.90 Å². The summed E-state index contributed by atoms with van der Waals surface area (Å²) in [7, 11) is 0. The van der Waals surface area contributed by atoms with Gasteiger partial charge in [-0.25, -0.2) is 4.98 Å². The summed E-state index contributed by atoms with van der Waals surface area (Å²) in [6, 6.07) is 13.9. The Labute approximate surface area is 151 Å². The molecule has 1 aliphatic rings. The Kier molecular flexibility index (Phi) is 4.58. The number of hydrogen-bond acceptors (Lipinski definition) is 6. The summed E-state index contributed by atoms with van der Waals surface area (Å²) in [6.45, 7) is 4.43. The van der Waals surface area contributed by atoms with Gasteiger partial charge in [-0.1, -0.05) is 6.07 Å². The molecule has 1 fully saturated rings. The van der Waals surface area contributed by atoms with Crippen molar-refractivity contribution in [2.75, 3.05) is 31.1 Å². The summed E-state index contributed by atoms with van der Waals surface area (Å²) in [5.41, 5.74) is 4.25. The van der Waals surface area contributed by atoms with Gasteiger partial charge in [0.15, 0.2) is 5.69 Å². The first-order valence-corrected chi connectivity index (χ1v) is 8.61. The molecule has 0 amide bonds. The number of hydrogen-bond donors (Lipinski definition) is 1. The molecule has 0 spiro atoms. The lowest BCUT2D eigenvalue weighted by Crippen LogP contribution is -2.46. The summed E-state index contributed by atoms with van der Waals surface area (Å²) in [5.74, 6) is 0. The lowest BCUT2D eigenvalue weighted by molar-refractivity contribution is 0.247. The number of aromatic amines is 1. The summed E-state index contributed by atoms with van der Waals surface area (Å²) in [6.07, 6.45) is 3.44. The number of rotatable bonds is 4. The Bertz CT molecular complexity index is 905. The zero-order valence-corrected chi connectivity index (χ0v) is 14.3. The predicted octanol–water partition coefficient (Wildman–Crippen LogP) is 2.06. The maximum Gasteiger partial charge on any atom is 0.163 e. The van der Waals surface area contributed by atoms with Crippen molar-refractivity contribution in [1.82, 2.24) is 25.1 Å². The van der Waals surface area contributed by atoms with Gasteiger partial charge in [-0.05, 0) is 30.3 Å². The molecule has 7 heteroatoms. The Hall–Kier alpha value is -3.24. The molecule has 0 bridgehead atoms. The van der Waals surface area contributed by atoms with E-state index in [-0.39, 0.29) is 0 Å². The molecule has 0 saturated carbocycles. The van der Waals surface area contributed by atoms with Crippen molar-refractivity contribution in [3.63, 3.8) is 0 Å². The van der Waals surface area contributed by atoms with Gasteiger partial charge in [-0.15, -0.1) is 0 Å². The van der Waals surface area contributed by atoms with E-state index in [1.165, 1.54) is 0 Å². The summed E-state index contributed by atoms with van der Waals surface area (Å²) >= 11 is 0. The molecule has 0 unspecified atom stereocenters. The van der Waals surface area contributed by atoms with Gasteiger partial charge in [0.25, 0.3) is 0 Å². The minimum Gasteiger partial charge on any atom is -0.367 e. The summed E-state index contributed by atoms with van der Waals surface area (Å²) in [4.78, 5) is 13.1. The second kappa shape index (κ2) is 7.33. The maximum atomic E-state index is 9.23. The molecule has 1 saturated heterocycles. The molecule has 7 nitrogen and oxygen atoms in total. The van der Waals surface area contributed by atoms with Crippen LogP contribution in [0.25, 0.3) is 11.4 Å². The number of pyridine rings is 2. The zero-order valence-electron chi connectivity index (χ0n) is 14.3. The van der Waals surface area contributed by atoms with Gasteiger partial charge >= 0.3 is 0 Å². The number of aromatic nitrogens is 4. The normalized spacial score (nSPS) is 15.0. The average molecular weight is 345 g/mol. The van der Waals surface area contributed by atoms with Crippen LogP contribution in [-0.4, -0.2) is 51.2 Å². The Morgan fingerprint density at radius 2 is 1.85 bits per heavy atom. The van der Waals surface area contributed by atoms with E-state index in [9.17, 15) is 5.26 Å². The van der Waals surface area contributed by atoms with Crippen molar-refractivity contribution in [3.05, 3.63) is 60.2 Å². The monoisotopic (exact) mass is 345 g/mol. The van der Waals surface area contributed by atoms with Gasteiger partial charge in [0.2, 0.25) is 0 Å². The van der Waals surface area contributed by atoms with Crippen LogP contribution >= 0.6 is 0 Å². The van der Waals surface area contributed by atoms with E-state index in [0.29, 0.717) is 5.69 Å². The van der Waals surface area contributed by atoms with E-state index in [1.807, 2.05) is 30.3 Å². The standard InChI is InChI=1S/C19H19N7/c20-13-18-19(5-3-7-22-18)26-10-8-25(9-11-26)14-15-12-17(24-23-15)16-4-1-2-6-21-16/h1-7,12H,8-11,14H2,(H,23,24). The minimum absolute atomic E-state index is 0.495. The first kappa shape index (κ1) is 16.2. The van der Waals surface area contributed by atoms with Crippen molar-refractivity contribution in [2.45, 2.75) is 6.54 Å². The first-order chi connectivity index (χ1) is 12.8. The van der Waals surface area contributed by atoms with Crippen LogP contribution in [0.2, 0.25) is 0 Å². The SMILES string of the molecule is N#Cc1ncccc1N1CCN(Cc2cc(-c3ccccn3)n[nH]2)CC1. The highest BCUT2D eigenvalue weighted by atomic mass is 15.3. The molecule has 0 atom stereocenters. The third kappa shape index (κ3) is 3.41. The number of nitrogens with one attached hydrogen (secondary N) is 1. The minimum atomic E-state index is 0.495. The van der Waals surface area contributed by atoms with Crippen molar-refractivity contribution >= 4 is 5.69 Å². The van der Waals surface area contributed by atoms with Crippen molar-refractivity contribution < 1.29 is 0 Å². The Morgan fingerprint density at radius 3 is 2.62 bits per heavy atom. The molecule has 0 radical (unpaired) electrons. The van der Waals surface area contributed by atoms with Crippen LogP contribution in [0.3, 0.4) is 0 Å². The fourth-order valence-electron chi connectivity index (χ4n) is 3.21. The zero-order chi connectivity index (χ0) is 17.8. The van der Waals surface area contributed by atoms with Crippen LogP contribution in [0.15, 0.2) is 48.8 Å². The fourth-order valence-corrected chi connectivity index (χ4v) is 3.21. The summed E-state index contributed by atoms with van der Waals surface area (Å²) in [5, 5.41) is 16.7. The van der Waals surface area contributed by atoms with E-state index in [1.54, 1.807) is 12.4 Å². The quantitative estimate of drug-likeness (QED) is 0.779. The van der Waals surface area contributed by atoms with Crippen LogP contribution in [0.5, 0.6) is 0 Å². The average Bonchev–Trinajstić information content (AvgIpc) is 3.18. The van der Waals surface area contributed by atoms with Crippen LogP contribution in [0.1, 0.15) is 11.4 Å². The highest BCUT2D eigenvalue weighted by molar-refractivity contribution is 5.56. The summed E-state index contributed by atoms with van der Waals surface area (Å²) < 4.78 is 0. The van der Waals surface area contributed by atoms with Crippen LogP contribution in [0, 0.1) is 11.3 Å². The van der Waals surface area contributed by atoms with E-state index < -0.39 is 0 Å². The van der Waals surface area contributed by atoms with Gasteiger partial charge in [-0.2, -0.15) is 10.4 Å². The number of H-pyrrole nitrogens is 1. The molecular formula is C19H19N7. The molecule has 4 rings (SSSR count). The van der Waals surface area contributed by atoms with E-state index in [4.69, 9.17) is 0 Å². The highest BCUT2D eigenvalue weighted by Crippen LogP contribution is 2.20. The molecule has 1 aliphatic heterocycles. The van der Waals surface area contributed by atoms with Crippen LogP contribution in [0.4, 0.5) is 5.69 Å². The largest absolute Gasteiger partial charge is 0.367 e. The van der Waals surface area contributed by atoms with Gasteiger partial charge in [0, 0.05) is 50.8 Å². The Morgan fingerprint density at radius 1 is 1.00 bits per heavy atom. The molecule has 4 heterocycles. The highest BCUT2D eigenvalue weighted by Gasteiger charge is 2.20. The lowest BCUT2D eigenvalue weighted by atomic mass is 10.2. The molecule has 3 aromatic rings.